The summed E-state index contributed by atoms with van der Waals surface area (Å²) < 4.78 is 5.81. The molecule has 2 rings (SSSR count). The Morgan fingerprint density at radius 1 is 1.47 bits per heavy atom. The number of nitrogens with one attached hydrogen (secondary N) is 1. The summed E-state index contributed by atoms with van der Waals surface area (Å²) in [7, 11) is 0. The van der Waals surface area contributed by atoms with E-state index in [-0.39, 0.29) is 6.10 Å². The second kappa shape index (κ2) is 5.46. The van der Waals surface area contributed by atoms with Gasteiger partial charge in [-0.25, -0.2) is 5.21 Å². The summed E-state index contributed by atoms with van der Waals surface area (Å²) in [6.45, 7) is 5.23. The van der Waals surface area contributed by atoms with E-state index >= 15 is 0 Å². The maximum Gasteiger partial charge on any atom is 0.164 e. The molecule has 2 unspecified atom stereocenters. The molecule has 0 spiro atoms. The second-order valence-corrected chi connectivity index (χ2v) is 4.25. The Morgan fingerprint density at radius 3 is 2.71 bits per heavy atom. The van der Waals surface area contributed by atoms with Gasteiger partial charge < -0.3 is 9.94 Å². The van der Waals surface area contributed by atoms with E-state index < -0.39 is 5.23 Å². The number of ether oxygens (including phenoxy) is 1. The number of nitrogens with zero attached hydrogens (tertiary/aromatic N) is 1. The van der Waals surface area contributed by atoms with Crippen LogP contribution in [0.15, 0.2) is 24.3 Å². The molecule has 0 amide bonds. The van der Waals surface area contributed by atoms with Crippen molar-refractivity contribution in [2.75, 3.05) is 19.6 Å². The Hall–Kier alpha value is -1.14. The molecule has 0 bridgehead atoms. The van der Waals surface area contributed by atoms with E-state index in [0.717, 1.165) is 31.8 Å². The van der Waals surface area contributed by atoms with Gasteiger partial charge in [-0.3, -0.25) is 4.90 Å². The van der Waals surface area contributed by atoms with Gasteiger partial charge in [-0.05, 0) is 25.1 Å². The molecular weight excluding hydrogens is 220 g/mol. The van der Waals surface area contributed by atoms with Crippen LogP contribution in [0.25, 0.3) is 0 Å². The van der Waals surface area contributed by atoms with Crippen molar-refractivity contribution < 1.29 is 15.2 Å². The van der Waals surface area contributed by atoms with Gasteiger partial charge >= 0.3 is 0 Å². The molecule has 1 aromatic carbocycles. The van der Waals surface area contributed by atoms with Crippen LogP contribution in [0, 0.1) is 5.21 Å². The lowest BCUT2D eigenvalue weighted by Crippen LogP contribution is -2.99. The van der Waals surface area contributed by atoms with Crippen molar-refractivity contribution in [1.82, 2.24) is 4.90 Å². The second-order valence-electron chi connectivity index (χ2n) is 4.25. The van der Waals surface area contributed by atoms with Crippen LogP contribution in [0.1, 0.15) is 13.3 Å². The van der Waals surface area contributed by atoms with Crippen LogP contribution >= 0.6 is 0 Å². The van der Waals surface area contributed by atoms with Crippen molar-refractivity contribution in [2.45, 2.75) is 19.4 Å². The van der Waals surface area contributed by atoms with Gasteiger partial charge in [-0.1, -0.05) is 6.92 Å². The summed E-state index contributed by atoms with van der Waals surface area (Å²) in [6, 6.07) is 6.59. The summed E-state index contributed by atoms with van der Waals surface area (Å²) in [5.74, 6) is 0.748. The average molecular weight is 238 g/mol. The zero-order valence-electron chi connectivity index (χ0n) is 9.93. The van der Waals surface area contributed by atoms with Crippen LogP contribution in [0.2, 0.25) is 0 Å². The molecule has 0 radical (unpaired) electrons. The van der Waals surface area contributed by atoms with Crippen molar-refractivity contribution in [3.05, 3.63) is 29.5 Å². The third-order valence-corrected chi connectivity index (χ3v) is 3.08. The highest BCUT2D eigenvalue weighted by molar-refractivity contribution is 5.35. The standard InChI is InChI=1S/C12H18N2O3/c1-2-13-8-7-12(9-13)17-11-5-3-10(4-6-11)14(15)16/h3-6,12,14-15H,2,7-9H2,1H3. The van der Waals surface area contributed by atoms with Crippen LogP contribution in [-0.4, -0.2) is 35.8 Å². The smallest absolute Gasteiger partial charge is 0.164 e. The van der Waals surface area contributed by atoms with E-state index in [1.807, 2.05) is 0 Å². The lowest BCUT2D eigenvalue weighted by Gasteiger charge is -2.16. The molecule has 5 heteroatoms. The number of likely N-dealkylation sites (N-methyl/N-ethyl adjacent to an activating group) is 1. The van der Waals surface area contributed by atoms with Gasteiger partial charge in [0, 0.05) is 25.2 Å². The quantitative estimate of drug-likeness (QED) is 0.753. The molecule has 1 saturated heterocycles. The number of hydrogen-bond donors (Lipinski definition) is 2. The number of quaternary nitrogens is 1. The molecule has 17 heavy (non-hydrogen) atoms. The largest absolute Gasteiger partial charge is 0.595 e. The van der Waals surface area contributed by atoms with Gasteiger partial charge in [-0.2, -0.15) is 5.23 Å². The summed E-state index contributed by atoms with van der Waals surface area (Å²) >= 11 is 0. The summed E-state index contributed by atoms with van der Waals surface area (Å²) in [6.07, 6.45) is 1.26. The van der Waals surface area contributed by atoms with Gasteiger partial charge in [0.1, 0.15) is 11.9 Å². The molecule has 1 aromatic rings. The first-order valence-electron chi connectivity index (χ1n) is 5.91. The van der Waals surface area contributed by atoms with E-state index in [4.69, 9.17) is 9.94 Å². The van der Waals surface area contributed by atoms with Crippen molar-refractivity contribution >= 4 is 5.69 Å². The van der Waals surface area contributed by atoms with Gasteiger partial charge in [0.25, 0.3) is 0 Å². The summed E-state index contributed by atoms with van der Waals surface area (Å²) in [5.41, 5.74) is 0.291. The predicted octanol–water partition coefficient (Wildman–Crippen LogP) is 0.563. The Kier molecular flexibility index (Phi) is 3.96. The third-order valence-electron chi connectivity index (χ3n) is 3.08. The fraction of sp³-hybridized carbons (Fsp3) is 0.500. The van der Waals surface area contributed by atoms with Crippen LogP contribution in [0.5, 0.6) is 5.75 Å². The highest BCUT2D eigenvalue weighted by Crippen LogP contribution is 2.19. The predicted molar refractivity (Wildman–Crippen MR) is 63.4 cm³/mol. The van der Waals surface area contributed by atoms with Crippen LogP contribution in [0.4, 0.5) is 5.69 Å². The molecular formula is C12H18N2O3. The lowest BCUT2D eigenvalue weighted by molar-refractivity contribution is -0.991. The number of benzene rings is 1. The zero-order chi connectivity index (χ0) is 12.3. The highest BCUT2D eigenvalue weighted by atomic mass is 16.8. The van der Waals surface area contributed by atoms with Gasteiger partial charge in [0.15, 0.2) is 5.69 Å². The molecule has 94 valence electrons. The van der Waals surface area contributed by atoms with Gasteiger partial charge in [0.2, 0.25) is 0 Å². The first kappa shape index (κ1) is 12.3. The van der Waals surface area contributed by atoms with Gasteiger partial charge in [0.05, 0.1) is 0 Å². The lowest BCUT2D eigenvalue weighted by atomic mass is 10.3. The first-order chi connectivity index (χ1) is 8.19. The molecule has 1 aliphatic rings. The van der Waals surface area contributed by atoms with E-state index in [0.29, 0.717) is 5.69 Å². The van der Waals surface area contributed by atoms with E-state index in [1.165, 1.54) is 0 Å². The Balaban J connectivity index is 1.91. The Bertz CT molecular complexity index is 353. The van der Waals surface area contributed by atoms with E-state index in [9.17, 15) is 5.21 Å². The molecule has 1 heterocycles. The Morgan fingerprint density at radius 2 is 2.18 bits per heavy atom. The monoisotopic (exact) mass is 238 g/mol. The minimum atomic E-state index is -0.908. The molecule has 1 aliphatic heterocycles. The fourth-order valence-electron chi connectivity index (χ4n) is 2.05. The van der Waals surface area contributed by atoms with Crippen LogP contribution in [0.3, 0.4) is 0 Å². The number of rotatable bonds is 4. The van der Waals surface area contributed by atoms with Gasteiger partial charge in [-0.15, -0.1) is 0 Å². The third kappa shape index (κ3) is 3.17. The normalized spacial score (nSPS) is 22.6. The maximum absolute atomic E-state index is 10.7. The highest BCUT2D eigenvalue weighted by Gasteiger charge is 2.22. The van der Waals surface area contributed by atoms with Crippen molar-refractivity contribution in [2.24, 2.45) is 0 Å². The molecule has 0 aliphatic carbocycles. The first-order valence-corrected chi connectivity index (χ1v) is 5.91. The van der Waals surface area contributed by atoms with Crippen LogP contribution in [-0.2, 0) is 0 Å². The number of hydrogen-bond acceptors (Lipinski definition) is 4. The van der Waals surface area contributed by atoms with E-state index in [2.05, 4.69) is 11.8 Å². The fourth-order valence-corrected chi connectivity index (χ4v) is 2.05. The summed E-state index contributed by atoms with van der Waals surface area (Å²) in [5, 5.41) is 18.6. The molecule has 5 nitrogen and oxygen atoms in total. The molecule has 2 atom stereocenters. The zero-order valence-corrected chi connectivity index (χ0v) is 9.93. The SMILES string of the molecule is CCN1CCC(Oc2ccc([NH+]([O-])O)cc2)C1. The van der Waals surface area contributed by atoms with Crippen molar-refractivity contribution in [1.29, 1.82) is 0 Å². The molecule has 0 aromatic heterocycles. The maximum atomic E-state index is 10.7. The minimum Gasteiger partial charge on any atom is -0.595 e. The molecule has 1 fully saturated rings. The van der Waals surface area contributed by atoms with Crippen molar-refractivity contribution in [3.8, 4) is 5.75 Å². The van der Waals surface area contributed by atoms with Crippen molar-refractivity contribution in [3.63, 3.8) is 0 Å². The van der Waals surface area contributed by atoms with E-state index in [1.54, 1.807) is 24.3 Å². The molecule has 2 N–H and O–H groups in total. The van der Waals surface area contributed by atoms with Crippen LogP contribution < -0.4 is 9.96 Å². The average Bonchev–Trinajstić information content (AvgIpc) is 2.77. The minimum absolute atomic E-state index is 0.227. The summed E-state index contributed by atoms with van der Waals surface area (Å²) in [4.78, 5) is 2.34. The number of likely N-dealkylation sites (tertiary alicyclic amines) is 1. The molecule has 0 saturated carbocycles. The Labute approximate surface area is 101 Å². The topological polar surface area (TPSA) is 60.2 Å².